The molecule has 0 aliphatic rings. The van der Waals surface area contributed by atoms with Crippen LogP contribution in [-0.4, -0.2) is 20.3 Å². The summed E-state index contributed by atoms with van der Waals surface area (Å²) in [6.07, 6.45) is 0.568. The SMILES string of the molecule is COCC#CCC#CCOCc1ccccc1.[C-]#[O+].[C-]#[O+].[C-]#[O+].[C-]#[O+].[C-]#[O+].[C-]#[O+].[C-]#[O+].[C-]#[O+].[C-]#[O+].[C-]#[O+].[C-]#[O+].[C-]#[O+].[Co].[Co].[Co].[Co]. The fourth-order valence-electron chi connectivity index (χ4n) is 1.14. The Kier molecular flexibility index (Phi) is 670. The molecule has 0 aliphatic heterocycles. The van der Waals surface area contributed by atoms with E-state index in [-0.39, 0.29) is 67.1 Å². The van der Waals surface area contributed by atoms with Crippen molar-refractivity contribution in [3.8, 4) is 23.7 Å². The zero-order valence-electron chi connectivity index (χ0n) is 22.3. The predicted molar refractivity (Wildman–Crippen MR) is 115 cm³/mol. The minimum atomic E-state index is 0. The summed E-state index contributed by atoms with van der Waals surface area (Å²) in [6, 6.07) is 10.0. The summed E-state index contributed by atoms with van der Waals surface area (Å²) in [5, 5.41) is 0. The summed E-state index contributed by atoms with van der Waals surface area (Å²) in [5.41, 5.74) is 1.16. The quantitative estimate of drug-likeness (QED) is 0.191. The molecule has 1 aromatic rings. The molecule has 0 unspecified atom stereocenters. The minimum absolute atomic E-state index is 0. The van der Waals surface area contributed by atoms with Gasteiger partial charge in [0, 0.05) is 74.2 Å². The van der Waals surface area contributed by atoms with Crippen LogP contribution in [0.2, 0.25) is 0 Å². The largest absolute Gasteiger partial charge is 0 e. The Labute approximate surface area is 303 Å². The molecule has 0 saturated heterocycles. The van der Waals surface area contributed by atoms with E-state index in [4.69, 9.17) is 65.3 Å². The zero-order chi connectivity index (χ0) is 36.2. The van der Waals surface area contributed by atoms with Crippen molar-refractivity contribution in [2.45, 2.75) is 13.0 Å². The summed E-state index contributed by atoms with van der Waals surface area (Å²) in [4.78, 5) is 0. The molecule has 1 rings (SSSR count). The molecular weight excluding hydrogens is 784 g/mol. The smallest absolute Gasteiger partial charge is 0 e. The number of hydrogen-bond acceptors (Lipinski definition) is 2. The number of rotatable bonds is 4. The Hall–Kier alpha value is -2.83. The van der Waals surface area contributed by atoms with Crippen LogP contribution in [0.1, 0.15) is 12.0 Å². The molecule has 4 radical (unpaired) electrons. The van der Waals surface area contributed by atoms with Gasteiger partial charge in [0.15, 0.2) is 0 Å². The predicted octanol–water partition coefficient (Wildman–Crippen LogP) is 1.79. The van der Waals surface area contributed by atoms with E-state index in [0.29, 0.717) is 26.2 Å². The second kappa shape index (κ2) is 289. The fraction of sp³-hybridized carbons (Fsp3) is 0.185. The summed E-state index contributed by atoms with van der Waals surface area (Å²) < 4.78 is 100. The normalized spacial score (nSPS) is 3.84. The molecule has 0 N–H and O–H groups in total. The third kappa shape index (κ3) is 242. The maximum absolute atomic E-state index is 7.50. The van der Waals surface area contributed by atoms with Gasteiger partial charge in [0.25, 0.3) is 0 Å². The first-order valence-corrected chi connectivity index (χ1v) is 7.90. The van der Waals surface area contributed by atoms with Crippen LogP contribution in [0, 0.1) is 103 Å². The van der Waals surface area contributed by atoms with Gasteiger partial charge in [0.2, 0.25) is 0 Å². The fourth-order valence-corrected chi connectivity index (χ4v) is 1.14. The van der Waals surface area contributed by atoms with Crippen molar-refractivity contribution in [2.75, 3.05) is 20.3 Å². The first-order valence-electron chi connectivity index (χ1n) is 7.90. The Bertz CT molecular complexity index is 806. The summed E-state index contributed by atoms with van der Waals surface area (Å²) >= 11 is 0. The van der Waals surface area contributed by atoms with Gasteiger partial charge < -0.3 is 9.47 Å². The first kappa shape index (κ1) is 104. The van der Waals surface area contributed by atoms with E-state index < -0.39 is 0 Å². The van der Waals surface area contributed by atoms with Crippen molar-refractivity contribution >= 4 is 0 Å². The van der Waals surface area contributed by atoms with Crippen LogP contribution in [-0.2, 0) is 139 Å². The van der Waals surface area contributed by atoms with E-state index in [1.165, 1.54) is 0 Å². The molecule has 0 aliphatic carbocycles. The molecule has 0 aromatic heterocycles. The molecule has 0 saturated carbocycles. The molecule has 0 atom stereocenters. The number of hydrogen-bond donors (Lipinski definition) is 0. The second-order valence-corrected chi connectivity index (χ2v) is 3.30. The van der Waals surface area contributed by atoms with Gasteiger partial charge >= 0.3 is 136 Å². The molecule has 0 bridgehead atoms. The standard InChI is InChI=1S/C15H16O2.12CO.4Co/c1-16-12-8-3-2-4-9-13-17-14-15-10-6-5-7-11-15;12*1-2;;;;/h5-7,10-11H,2,12-14H2,1H3;;;;;;;;;;;;;;;;. The monoisotopic (exact) mass is 800 g/mol. The Balaban J connectivity index is -0.0000000184. The molecule has 1 aromatic carbocycles. The molecule has 45 heavy (non-hydrogen) atoms. The molecule has 14 nitrogen and oxygen atoms in total. The van der Waals surface area contributed by atoms with Gasteiger partial charge in [0.05, 0.1) is 13.0 Å². The van der Waals surface area contributed by atoms with Gasteiger partial charge in [-0.3, -0.25) is 0 Å². The third-order valence-electron chi connectivity index (χ3n) is 1.93. The Morgan fingerprint density at radius 2 is 0.711 bits per heavy atom. The average molecular weight is 800 g/mol. The average Bonchev–Trinajstić information content (AvgIpc) is 3.15. The molecule has 0 amide bonds. The van der Waals surface area contributed by atoms with E-state index >= 15 is 0 Å². The molecule has 0 fully saturated rings. The Morgan fingerprint density at radius 1 is 0.444 bits per heavy atom. The van der Waals surface area contributed by atoms with Gasteiger partial charge in [-0.25, -0.2) is 0 Å². The van der Waals surface area contributed by atoms with Crippen molar-refractivity contribution in [3.05, 3.63) is 116 Å². The van der Waals surface area contributed by atoms with Crippen LogP contribution in [0.4, 0.5) is 0 Å². The Morgan fingerprint density at radius 3 is 0.978 bits per heavy atom. The van der Waals surface area contributed by atoms with Gasteiger partial charge in [-0.05, 0) is 5.56 Å². The van der Waals surface area contributed by atoms with Crippen molar-refractivity contribution in [2.24, 2.45) is 0 Å². The van der Waals surface area contributed by atoms with Crippen LogP contribution in [0.5, 0.6) is 0 Å². The third-order valence-corrected chi connectivity index (χ3v) is 1.93. The molecule has 0 spiro atoms. The molecular formula is C27H16Co4O14. The van der Waals surface area contributed by atoms with Gasteiger partial charge in [-0.1, -0.05) is 54.0 Å². The zero-order valence-corrected chi connectivity index (χ0v) is 26.4. The van der Waals surface area contributed by atoms with E-state index in [2.05, 4.69) is 103 Å². The number of methoxy groups -OCH3 is 1. The van der Waals surface area contributed by atoms with E-state index in [0.717, 1.165) is 5.56 Å². The number of ether oxygens (including phenoxy) is 2. The maximum atomic E-state index is 7.50. The van der Waals surface area contributed by atoms with E-state index in [9.17, 15) is 0 Å². The van der Waals surface area contributed by atoms with E-state index in [1.54, 1.807) is 7.11 Å². The maximum Gasteiger partial charge on any atom is 0 e. The van der Waals surface area contributed by atoms with Crippen molar-refractivity contribution < 1.29 is 132 Å². The first-order chi connectivity index (χ1) is 20.4. The van der Waals surface area contributed by atoms with Crippen LogP contribution < -0.4 is 0 Å². The minimum Gasteiger partial charge on any atom is 0 e. The van der Waals surface area contributed by atoms with Crippen molar-refractivity contribution in [1.29, 1.82) is 0 Å². The summed E-state index contributed by atoms with van der Waals surface area (Å²) in [5.74, 6) is 11.6. The van der Waals surface area contributed by atoms with Crippen LogP contribution in [0.15, 0.2) is 30.3 Å². The van der Waals surface area contributed by atoms with Crippen LogP contribution in [0.25, 0.3) is 0 Å². The topological polar surface area (TPSA) is 257 Å². The summed E-state index contributed by atoms with van der Waals surface area (Å²) in [7, 11) is 1.62. The number of benzene rings is 1. The van der Waals surface area contributed by atoms with Crippen molar-refractivity contribution in [3.63, 3.8) is 0 Å². The van der Waals surface area contributed by atoms with Gasteiger partial charge in [-0.2, -0.15) is 0 Å². The molecule has 0 heterocycles. The van der Waals surface area contributed by atoms with Crippen molar-refractivity contribution in [1.82, 2.24) is 0 Å². The van der Waals surface area contributed by atoms with Gasteiger partial charge in [-0.15, -0.1) is 0 Å². The second-order valence-electron chi connectivity index (χ2n) is 3.30. The van der Waals surface area contributed by atoms with Crippen LogP contribution in [0.3, 0.4) is 0 Å². The summed E-state index contributed by atoms with van der Waals surface area (Å²) in [6.45, 7) is 55.5. The molecule has 244 valence electrons. The van der Waals surface area contributed by atoms with Crippen LogP contribution >= 0.6 is 0 Å². The van der Waals surface area contributed by atoms with E-state index in [1.807, 2.05) is 30.3 Å². The molecule has 18 heteroatoms. The van der Waals surface area contributed by atoms with Gasteiger partial charge in [0.1, 0.15) is 13.2 Å².